The molecule has 0 unspecified atom stereocenters. The summed E-state index contributed by atoms with van der Waals surface area (Å²) in [6, 6.07) is 18.7. The molecule has 0 saturated carbocycles. The maximum atomic E-state index is 13.7. The molecule has 0 aromatic heterocycles. The Balaban J connectivity index is 2.13. The van der Waals surface area contributed by atoms with Gasteiger partial charge in [0.2, 0.25) is 0 Å². The number of ether oxygens (including phenoxy) is 4. The number of nitriles is 2. The minimum atomic E-state index is -1.06. The van der Waals surface area contributed by atoms with Crippen LogP contribution in [0.1, 0.15) is 11.1 Å². The SMILES string of the molecule is COc1ccc(/C=C(\C#N)C(=O)N(C(=O)/C(C#N)=C/c2ccc(OC)c(OC)c2)c2ccccc2O)cc1OC. The smallest absolute Gasteiger partial charge is 0.276 e. The number of imide groups is 1. The number of anilines is 1. The first-order valence-electron chi connectivity index (χ1n) is 11.7. The molecule has 10 heteroatoms. The van der Waals surface area contributed by atoms with Crippen molar-refractivity contribution >= 4 is 29.7 Å². The van der Waals surface area contributed by atoms with Crippen molar-refractivity contribution in [2.75, 3.05) is 33.3 Å². The lowest BCUT2D eigenvalue weighted by Gasteiger charge is -2.21. The van der Waals surface area contributed by atoms with Crippen LogP contribution in [0, 0.1) is 22.7 Å². The molecular weight excluding hydrogens is 514 g/mol. The number of hydrogen-bond acceptors (Lipinski definition) is 9. The minimum absolute atomic E-state index is 0.209. The third kappa shape index (κ3) is 6.21. The van der Waals surface area contributed by atoms with E-state index in [4.69, 9.17) is 18.9 Å². The molecule has 0 spiro atoms. The van der Waals surface area contributed by atoms with Gasteiger partial charge in [-0.3, -0.25) is 9.59 Å². The van der Waals surface area contributed by atoms with Crippen LogP contribution in [0.5, 0.6) is 28.7 Å². The van der Waals surface area contributed by atoms with Crippen molar-refractivity contribution < 1.29 is 33.6 Å². The van der Waals surface area contributed by atoms with Gasteiger partial charge in [-0.05, 0) is 59.7 Å². The number of aromatic hydroxyl groups is 1. The van der Waals surface area contributed by atoms with Gasteiger partial charge in [0.05, 0.1) is 34.1 Å². The van der Waals surface area contributed by atoms with Crippen LogP contribution in [0.15, 0.2) is 71.8 Å². The van der Waals surface area contributed by atoms with Crippen LogP contribution in [0.25, 0.3) is 12.2 Å². The Labute approximate surface area is 231 Å². The molecule has 0 aliphatic carbocycles. The standard InChI is InChI=1S/C30H25N3O7/c1-37-25-11-9-19(15-27(25)39-3)13-21(17-31)29(35)33(23-7-5-6-8-24(23)34)30(36)22(18-32)14-20-10-12-26(38-2)28(16-20)40-4/h5-16,34H,1-4H3/b21-13+,22-14+. The molecule has 3 aromatic rings. The Morgan fingerprint density at radius 2 is 1.12 bits per heavy atom. The van der Waals surface area contributed by atoms with Crippen molar-refractivity contribution in [3.8, 4) is 40.9 Å². The van der Waals surface area contributed by atoms with Gasteiger partial charge in [0.15, 0.2) is 23.0 Å². The normalized spacial score (nSPS) is 11.1. The molecule has 0 bridgehead atoms. The number of amides is 2. The van der Waals surface area contributed by atoms with Crippen molar-refractivity contribution in [1.82, 2.24) is 0 Å². The summed E-state index contributed by atoms with van der Waals surface area (Å²) in [6.07, 6.45) is 2.52. The number of methoxy groups -OCH3 is 4. The quantitative estimate of drug-likeness (QED) is 0.307. The Morgan fingerprint density at radius 3 is 1.50 bits per heavy atom. The van der Waals surface area contributed by atoms with Crippen LogP contribution >= 0.6 is 0 Å². The zero-order valence-corrected chi connectivity index (χ0v) is 22.2. The number of benzene rings is 3. The Kier molecular flexibility index (Phi) is 9.49. The number of carbonyl (C=O) groups is 2. The first-order valence-corrected chi connectivity index (χ1v) is 11.7. The number of para-hydroxylation sites is 2. The summed E-state index contributed by atoms with van der Waals surface area (Å²) in [5.41, 5.74) is -0.263. The summed E-state index contributed by atoms with van der Waals surface area (Å²) in [5, 5.41) is 30.2. The van der Waals surface area contributed by atoms with E-state index in [0.29, 0.717) is 39.0 Å². The van der Waals surface area contributed by atoms with Crippen molar-refractivity contribution in [3.05, 3.63) is 82.9 Å². The van der Waals surface area contributed by atoms with E-state index < -0.39 is 28.7 Å². The predicted molar refractivity (Wildman–Crippen MR) is 147 cm³/mol. The van der Waals surface area contributed by atoms with E-state index in [1.54, 1.807) is 48.5 Å². The third-order valence-electron chi connectivity index (χ3n) is 5.67. The molecule has 3 rings (SSSR count). The van der Waals surface area contributed by atoms with Crippen molar-refractivity contribution in [2.45, 2.75) is 0 Å². The molecule has 0 aliphatic rings. The Hall–Kier alpha value is -5.74. The number of rotatable bonds is 9. The molecule has 0 heterocycles. The Bertz CT molecular complexity index is 1480. The maximum absolute atomic E-state index is 13.7. The topological polar surface area (TPSA) is 142 Å². The first-order chi connectivity index (χ1) is 19.3. The summed E-state index contributed by atoms with van der Waals surface area (Å²) in [6.45, 7) is 0. The lowest BCUT2D eigenvalue weighted by Crippen LogP contribution is -2.38. The summed E-state index contributed by atoms with van der Waals surface area (Å²) >= 11 is 0. The van der Waals surface area contributed by atoms with E-state index in [0.717, 1.165) is 0 Å². The molecule has 0 radical (unpaired) electrons. The molecule has 40 heavy (non-hydrogen) atoms. The van der Waals surface area contributed by atoms with Crippen LogP contribution in [0.4, 0.5) is 5.69 Å². The number of carbonyl (C=O) groups excluding carboxylic acids is 2. The lowest BCUT2D eigenvalue weighted by atomic mass is 10.1. The largest absolute Gasteiger partial charge is 0.506 e. The fourth-order valence-electron chi connectivity index (χ4n) is 3.71. The van der Waals surface area contributed by atoms with E-state index in [-0.39, 0.29) is 5.69 Å². The van der Waals surface area contributed by atoms with Gasteiger partial charge >= 0.3 is 0 Å². The zero-order chi connectivity index (χ0) is 29.2. The fraction of sp³-hybridized carbons (Fsp3) is 0.133. The molecule has 1 N–H and O–H groups in total. The average molecular weight is 540 g/mol. The monoisotopic (exact) mass is 539 g/mol. The lowest BCUT2D eigenvalue weighted by molar-refractivity contribution is -0.122. The summed E-state index contributed by atoms with van der Waals surface area (Å²) in [5.74, 6) is -0.923. The molecule has 0 atom stereocenters. The summed E-state index contributed by atoms with van der Waals surface area (Å²) < 4.78 is 21.0. The maximum Gasteiger partial charge on any atom is 0.276 e. The number of phenols is 1. The van der Waals surface area contributed by atoms with Gasteiger partial charge in [-0.2, -0.15) is 10.5 Å². The second-order valence-electron chi connectivity index (χ2n) is 8.00. The highest BCUT2D eigenvalue weighted by Gasteiger charge is 2.31. The average Bonchev–Trinajstić information content (AvgIpc) is 2.99. The highest BCUT2D eigenvalue weighted by Crippen LogP contribution is 2.32. The van der Waals surface area contributed by atoms with Crippen LogP contribution < -0.4 is 23.8 Å². The highest BCUT2D eigenvalue weighted by atomic mass is 16.5. The fourth-order valence-corrected chi connectivity index (χ4v) is 3.71. The first kappa shape index (κ1) is 28.8. The van der Waals surface area contributed by atoms with Crippen LogP contribution in [-0.4, -0.2) is 45.4 Å². The molecular formula is C30H25N3O7. The third-order valence-corrected chi connectivity index (χ3v) is 5.67. The van der Waals surface area contributed by atoms with Gasteiger partial charge in [-0.15, -0.1) is 0 Å². The van der Waals surface area contributed by atoms with Crippen molar-refractivity contribution in [2.24, 2.45) is 0 Å². The van der Waals surface area contributed by atoms with Crippen molar-refractivity contribution in [1.29, 1.82) is 10.5 Å². The van der Waals surface area contributed by atoms with Crippen LogP contribution in [-0.2, 0) is 9.59 Å². The zero-order valence-electron chi connectivity index (χ0n) is 22.2. The van der Waals surface area contributed by atoms with E-state index in [1.807, 2.05) is 0 Å². The summed E-state index contributed by atoms with van der Waals surface area (Å²) in [7, 11) is 5.81. The minimum Gasteiger partial charge on any atom is -0.506 e. The molecule has 10 nitrogen and oxygen atoms in total. The van der Waals surface area contributed by atoms with Crippen molar-refractivity contribution in [3.63, 3.8) is 0 Å². The van der Waals surface area contributed by atoms with E-state index in [9.17, 15) is 25.2 Å². The van der Waals surface area contributed by atoms with E-state index in [2.05, 4.69) is 0 Å². The highest BCUT2D eigenvalue weighted by molar-refractivity contribution is 6.29. The number of nitrogens with zero attached hydrogens (tertiary/aromatic N) is 3. The molecule has 0 saturated heterocycles. The molecule has 202 valence electrons. The molecule has 0 fully saturated rings. The van der Waals surface area contributed by atoms with Gasteiger partial charge in [-0.25, -0.2) is 4.90 Å². The van der Waals surface area contributed by atoms with Gasteiger partial charge in [0.25, 0.3) is 11.8 Å². The number of phenolic OH excluding ortho intramolecular Hbond substituents is 1. The van der Waals surface area contributed by atoms with Gasteiger partial charge in [0.1, 0.15) is 29.0 Å². The second kappa shape index (κ2) is 13.2. The molecule has 0 aliphatic heterocycles. The van der Waals surface area contributed by atoms with Gasteiger partial charge in [-0.1, -0.05) is 24.3 Å². The summed E-state index contributed by atoms with van der Waals surface area (Å²) in [4.78, 5) is 27.9. The van der Waals surface area contributed by atoms with Gasteiger partial charge < -0.3 is 24.1 Å². The second-order valence-corrected chi connectivity index (χ2v) is 8.00. The molecule has 2 amide bonds. The van der Waals surface area contributed by atoms with Crippen LogP contribution in [0.2, 0.25) is 0 Å². The molecule has 3 aromatic carbocycles. The van der Waals surface area contributed by atoms with E-state index >= 15 is 0 Å². The Morgan fingerprint density at radius 1 is 0.700 bits per heavy atom. The number of hydrogen-bond donors (Lipinski definition) is 1. The predicted octanol–water partition coefficient (Wildman–Crippen LogP) is 4.50. The van der Waals surface area contributed by atoms with Crippen LogP contribution in [0.3, 0.4) is 0 Å². The van der Waals surface area contributed by atoms with E-state index in [1.165, 1.54) is 64.9 Å². The van der Waals surface area contributed by atoms with Gasteiger partial charge in [0, 0.05) is 0 Å².